The zero-order valence-electron chi connectivity index (χ0n) is 30.1. The quantitative estimate of drug-likeness (QED) is 0.133. The van der Waals surface area contributed by atoms with E-state index < -0.39 is 0 Å². The molecular formula is C51H41N3. The average Bonchev–Trinajstić information content (AvgIpc) is 4.11. The lowest BCUT2D eigenvalue weighted by Gasteiger charge is -2.29. The van der Waals surface area contributed by atoms with E-state index in [1.165, 1.54) is 29.5 Å². The second kappa shape index (κ2) is 15.0. The summed E-state index contributed by atoms with van der Waals surface area (Å²) in [5.74, 6) is 0.757. The normalized spacial score (nSPS) is 12.2. The van der Waals surface area contributed by atoms with Crippen LogP contribution in [0.1, 0.15) is 24.3 Å². The number of rotatable bonds is 11. The molecule has 8 aromatic carbocycles. The minimum absolute atomic E-state index is 0.757. The van der Waals surface area contributed by atoms with E-state index >= 15 is 0 Å². The predicted octanol–water partition coefficient (Wildman–Crippen LogP) is 14.6. The molecule has 1 fully saturated rings. The topological polar surface area (TPSA) is 9.72 Å². The summed E-state index contributed by atoms with van der Waals surface area (Å²) in [5, 5.41) is 0. The van der Waals surface area contributed by atoms with E-state index in [0.29, 0.717) is 0 Å². The summed E-state index contributed by atoms with van der Waals surface area (Å²) >= 11 is 0. The van der Waals surface area contributed by atoms with Crippen molar-refractivity contribution in [2.75, 3.05) is 14.7 Å². The molecule has 3 heteroatoms. The van der Waals surface area contributed by atoms with Gasteiger partial charge in [-0.15, -0.1) is 0 Å². The highest BCUT2D eigenvalue weighted by atomic mass is 15.2. The van der Waals surface area contributed by atoms with E-state index in [1.54, 1.807) is 0 Å². The Morgan fingerprint density at radius 1 is 0.241 bits per heavy atom. The van der Waals surface area contributed by atoms with Crippen molar-refractivity contribution >= 4 is 51.2 Å². The summed E-state index contributed by atoms with van der Waals surface area (Å²) in [7, 11) is 0. The van der Waals surface area contributed by atoms with Crippen LogP contribution in [-0.4, -0.2) is 0 Å². The fourth-order valence-electron chi connectivity index (χ4n) is 7.32. The lowest BCUT2D eigenvalue weighted by Crippen LogP contribution is -2.13. The summed E-state index contributed by atoms with van der Waals surface area (Å²) in [6.45, 7) is 0. The molecule has 260 valence electrons. The van der Waals surface area contributed by atoms with E-state index in [0.717, 1.165) is 57.1 Å². The molecule has 0 aromatic heterocycles. The highest BCUT2D eigenvalue weighted by Gasteiger charge is 2.23. The van der Waals surface area contributed by atoms with Crippen LogP contribution in [0.5, 0.6) is 0 Å². The molecule has 0 heterocycles. The molecule has 0 bridgehead atoms. The Bertz CT molecular complexity index is 2180. The monoisotopic (exact) mass is 695 g/mol. The molecule has 0 radical (unpaired) electrons. The van der Waals surface area contributed by atoms with Gasteiger partial charge in [0.15, 0.2) is 0 Å². The van der Waals surface area contributed by atoms with Gasteiger partial charge in [0, 0.05) is 51.2 Å². The van der Waals surface area contributed by atoms with Crippen molar-refractivity contribution < 1.29 is 0 Å². The highest BCUT2D eigenvalue weighted by Crippen LogP contribution is 2.43. The summed E-state index contributed by atoms with van der Waals surface area (Å²) < 4.78 is 0. The van der Waals surface area contributed by atoms with Gasteiger partial charge >= 0.3 is 0 Å². The zero-order valence-corrected chi connectivity index (χ0v) is 30.1. The van der Waals surface area contributed by atoms with E-state index in [-0.39, 0.29) is 0 Å². The Hall–Kier alpha value is -6.84. The van der Waals surface area contributed by atoms with Gasteiger partial charge in [-0.05, 0) is 145 Å². The Morgan fingerprint density at radius 2 is 0.463 bits per heavy atom. The molecule has 0 amide bonds. The van der Waals surface area contributed by atoms with Crippen LogP contribution in [0.15, 0.2) is 218 Å². The van der Waals surface area contributed by atoms with E-state index in [2.05, 4.69) is 233 Å². The minimum Gasteiger partial charge on any atom is -0.311 e. The van der Waals surface area contributed by atoms with Gasteiger partial charge in [-0.3, -0.25) is 0 Å². The van der Waals surface area contributed by atoms with Crippen molar-refractivity contribution in [2.45, 2.75) is 18.8 Å². The number of para-hydroxylation sites is 4. The molecule has 0 saturated heterocycles. The number of benzene rings is 8. The van der Waals surface area contributed by atoms with Crippen LogP contribution < -0.4 is 14.7 Å². The van der Waals surface area contributed by atoms with Crippen molar-refractivity contribution in [1.82, 2.24) is 0 Å². The van der Waals surface area contributed by atoms with Crippen LogP contribution in [0.2, 0.25) is 0 Å². The second-order valence-corrected chi connectivity index (χ2v) is 13.8. The minimum atomic E-state index is 0.757. The Kier molecular flexibility index (Phi) is 9.19. The Morgan fingerprint density at radius 3 is 0.722 bits per heavy atom. The van der Waals surface area contributed by atoms with Gasteiger partial charge in [0.25, 0.3) is 0 Å². The standard InChI is InChI=1S/C51H41N3/c1-5-13-43(14-6-1)52(44-15-7-2-8-16-44)48-31-35-50(36-32-48)54(47-29-27-42(28-30-47)41-25-23-40(24-26-41)39-21-22-39)51-37-33-49(34-38-51)53(45-17-9-3-10-18-45)46-19-11-4-12-20-46/h1-20,23-39H,21-22H2. The molecule has 3 nitrogen and oxygen atoms in total. The van der Waals surface area contributed by atoms with Gasteiger partial charge in [0.2, 0.25) is 0 Å². The maximum atomic E-state index is 2.35. The zero-order chi connectivity index (χ0) is 36.1. The maximum Gasteiger partial charge on any atom is 0.0463 e. The molecule has 1 saturated carbocycles. The van der Waals surface area contributed by atoms with Crippen LogP contribution in [0.4, 0.5) is 51.2 Å². The summed E-state index contributed by atoms with van der Waals surface area (Å²) in [6, 6.07) is 78.2. The molecule has 0 aliphatic heterocycles. The fourth-order valence-corrected chi connectivity index (χ4v) is 7.32. The van der Waals surface area contributed by atoms with Gasteiger partial charge in [0.05, 0.1) is 0 Å². The first-order valence-electron chi connectivity index (χ1n) is 18.8. The number of nitrogens with zero attached hydrogens (tertiary/aromatic N) is 3. The first-order chi connectivity index (χ1) is 26.8. The largest absolute Gasteiger partial charge is 0.311 e. The van der Waals surface area contributed by atoms with Crippen LogP contribution in [-0.2, 0) is 0 Å². The molecule has 1 aliphatic carbocycles. The van der Waals surface area contributed by atoms with Crippen LogP contribution >= 0.6 is 0 Å². The SMILES string of the molecule is c1ccc(N(c2ccccc2)c2ccc(N(c3ccc(-c4ccc(C5CC5)cc4)cc3)c3ccc(N(c4ccccc4)c4ccccc4)cc3)cc2)cc1. The van der Waals surface area contributed by atoms with E-state index in [4.69, 9.17) is 0 Å². The lowest BCUT2D eigenvalue weighted by molar-refractivity contribution is 1.13. The predicted molar refractivity (Wildman–Crippen MR) is 228 cm³/mol. The van der Waals surface area contributed by atoms with Crippen molar-refractivity contribution in [3.05, 3.63) is 224 Å². The number of anilines is 9. The second-order valence-electron chi connectivity index (χ2n) is 13.8. The van der Waals surface area contributed by atoms with E-state index in [1.807, 2.05) is 0 Å². The molecule has 0 spiro atoms. The smallest absolute Gasteiger partial charge is 0.0463 e. The molecule has 54 heavy (non-hydrogen) atoms. The molecule has 9 rings (SSSR count). The fraction of sp³-hybridized carbons (Fsp3) is 0.0588. The van der Waals surface area contributed by atoms with Gasteiger partial charge in [-0.1, -0.05) is 109 Å². The van der Waals surface area contributed by atoms with Crippen LogP contribution in [0, 0.1) is 0 Å². The average molecular weight is 696 g/mol. The van der Waals surface area contributed by atoms with Crippen LogP contribution in [0.25, 0.3) is 11.1 Å². The maximum absolute atomic E-state index is 2.35. The third-order valence-electron chi connectivity index (χ3n) is 10.2. The number of hydrogen-bond acceptors (Lipinski definition) is 3. The van der Waals surface area contributed by atoms with Gasteiger partial charge in [-0.2, -0.15) is 0 Å². The lowest BCUT2D eigenvalue weighted by atomic mass is 10.0. The summed E-state index contributed by atoms with van der Waals surface area (Å²) in [5.41, 5.74) is 13.8. The van der Waals surface area contributed by atoms with E-state index in [9.17, 15) is 0 Å². The highest BCUT2D eigenvalue weighted by molar-refractivity contribution is 5.84. The third kappa shape index (κ3) is 7.00. The Labute approximate surface area is 318 Å². The summed E-state index contributed by atoms with van der Waals surface area (Å²) in [6.07, 6.45) is 2.64. The molecule has 0 atom stereocenters. The molecule has 0 N–H and O–H groups in total. The van der Waals surface area contributed by atoms with Crippen LogP contribution in [0.3, 0.4) is 0 Å². The van der Waals surface area contributed by atoms with Crippen molar-refractivity contribution in [2.24, 2.45) is 0 Å². The van der Waals surface area contributed by atoms with Crippen molar-refractivity contribution in [1.29, 1.82) is 0 Å². The summed E-state index contributed by atoms with van der Waals surface area (Å²) in [4.78, 5) is 6.94. The van der Waals surface area contributed by atoms with Gasteiger partial charge in [-0.25, -0.2) is 0 Å². The van der Waals surface area contributed by atoms with Gasteiger partial charge < -0.3 is 14.7 Å². The first kappa shape index (κ1) is 33.0. The Balaban J connectivity index is 1.09. The molecule has 1 aliphatic rings. The molecule has 0 unspecified atom stereocenters. The third-order valence-corrected chi connectivity index (χ3v) is 10.2. The van der Waals surface area contributed by atoms with Gasteiger partial charge in [0.1, 0.15) is 0 Å². The molecular weight excluding hydrogens is 655 g/mol. The molecule has 8 aromatic rings. The first-order valence-corrected chi connectivity index (χ1v) is 18.8. The number of hydrogen-bond donors (Lipinski definition) is 0. The van der Waals surface area contributed by atoms with Crippen molar-refractivity contribution in [3.63, 3.8) is 0 Å². The van der Waals surface area contributed by atoms with Crippen molar-refractivity contribution in [3.8, 4) is 11.1 Å².